The number of rotatable bonds is 6. The van der Waals surface area contributed by atoms with Crippen LogP contribution in [0.4, 0.5) is 26.3 Å². The van der Waals surface area contributed by atoms with Crippen LogP contribution < -0.4 is 0 Å². The fourth-order valence-corrected chi connectivity index (χ4v) is 9.45. The molecule has 12 nitrogen and oxygen atoms in total. The number of halogens is 6. The van der Waals surface area contributed by atoms with E-state index in [2.05, 4.69) is 174 Å². The zero-order chi connectivity index (χ0) is 68.0. The van der Waals surface area contributed by atoms with Crippen LogP contribution in [0.5, 0.6) is 0 Å². The number of aliphatic hydroxyl groups is 1. The van der Waals surface area contributed by atoms with Crippen molar-refractivity contribution in [1.29, 1.82) is 0 Å². The summed E-state index contributed by atoms with van der Waals surface area (Å²) in [7, 11) is 0. The van der Waals surface area contributed by atoms with E-state index in [4.69, 9.17) is 5.11 Å². The second-order valence-electron chi connectivity index (χ2n) is 23.7. The quantitative estimate of drug-likeness (QED) is 0.0761. The Bertz CT molecular complexity index is 4650. The summed E-state index contributed by atoms with van der Waals surface area (Å²) in [5.41, 5.74) is 17.4. The van der Waals surface area contributed by atoms with E-state index in [-0.39, 0.29) is 111 Å². The van der Waals surface area contributed by atoms with Crippen molar-refractivity contribution in [2.24, 2.45) is 0 Å². The number of ketones is 1. The Hall–Kier alpha value is -8.41. The van der Waals surface area contributed by atoms with Crippen molar-refractivity contribution in [2.75, 3.05) is 0 Å². The maximum absolute atomic E-state index is 11.4. The molecule has 101 heavy (non-hydrogen) atoms. The fraction of sp³-hybridized carbons (Fsp3) is 0.128. The van der Waals surface area contributed by atoms with Gasteiger partial charge in [-0.3, -0.25) is 27.8 Å². The first-order chi connectivity index (χ1) is 45.9. The average molecular weight is 2250 g/mol. The molecule has 0 aliphatic carbocycles. The van der Waals surface area contributed by atoms with Crippen LogP contribution in [0.15, 0.2) is 273 Å². The smallest absolute Gasteiger partial charge is 0.454 e. The number of imidazole rings is 1. The first-order valence-electron chi connectivity index (χ1n) is 30.2. The third-order valence-corrected chi connectivity index (χ3v) is 14.6. The SMILES string of the molecule is CC(C)(C)c1c[c-]c(-c2cc3ccccn3n2)cc1.CC(C)(C)c1c[c-]c(-c2ncc3ccccn23)cc1.O=C(C=C(O)C(F)(F)F)C(F)(F)F.[Ir].[Ir].[Ir].[Ir].[Ir].[c-]1ccccc1-c1cc2ccccn2n1.[c-]1ccccc1-c1cc2ccccn2n1.[c-]1ccccc1-c1cc2ccccn2n1. The van der Waals surface area contributed by atoms with Gasteiger partial charge in [0.1, 0.15) is 0 Å². The van der Waals surface area contributed by atoms with Crippen LogP contribution in [0.25, 0.3) is 84.0 Å². The number of fused-ring (bicyclic) bond motifs is 5. The second kappa shape index (κ2) is 37.5. The minimum absolute atomic E-state index is 0. The number of allylic oxidation sites excluding steroid dienone is 2. The molecule has 0 saturated carbocycles. The summed E-state index contributed by atoms with van der Waals surface area (Å²) in [5, 5.41) is 25.9. The van der Waals surface area contributed by atoms with Crippen LogP contribution in [0.3, 0.4) is 0 Å². The Labute approximate surface area is 648 Å². The number of alkyl halides is 6. The third-order valence-electron chi connectivity index (χ3n) is 14.6. The van der Waals surface area contributed by atoms with E-state index in [0.29, 0.717) is 0 Å². The van der Waals surface area contributed by atoms with Gasteiger partial charge in [-0.15, -0.1) is 178 Å². The zero-order valence-corrected chi connectivity index (χ0v) is 66.6. The van der Waals surface area contributed by atoms with Crippen LogP contribution >= 0.6 is 0 Å². The van der Waals surface area contributed by atoms with E-state index < -0.39 is 30.0 Å². The molecule has 0 fully saturated rings. The third kappa shape index (κ3) is 22.8. The molecule has 23 heteroatoms. The Kier molecular flexibility index (Phi) is 30.9. The molecule has 0 saturated heterocycles. The van der Waals surface area contributed by atoms with Gasteiger partial charge in [-0.05, 0) is 71.5 Å². The Morgan fingerprint density at radius 1 is 0.386 bits per heavy atom. The number of carbonyl (C=O) groups is 1. The first kappa shape index (κ1) is 83.2. The molecule has 0 atom stereocenters. The molecule has 5 aromatic carbocycles. The van der Waals surface area contributed by atoms with Crippen LogP contribution in [0, 0.1) is 30.3 Å². The molecule has 15 rings (SSSR count). The fourth-order valence-electron chi connectivity index (χ4n) is 9.45. The van der Waals surface area contributed by atoms with E-state index >= 15 is 0 Å². The number of benzene rings is 5. The number of hydrogen-bond acceptors (Lipinski definition) is 7. The van der Waals surface area contributed by atoms with Gasteiger partial charge in [0.25, 0.3) is 5.78 Å². The van der Waals surface area contributed by atoms with Crippen molar-refractivity contribution >= 4 is 33.4 Å². The minimum atomic E-state index is -5.42. The normalized spacial score (nSPS) is 11.1. The molecule has 0 spiro atoms. The zero-order valence-electron chi connectivity index (χ0n) is 54.7. The summed E-state index contributed by atoms with van der Waals surface area (Å²) in [5.74, 6) is -4.40. The van der Waals surface area contributed by atoms with Crippen LogP contribution in [-0.2, 0) is 116 Å². The van der Waals surface area contributed by atoms with E-state index in [1.165, 1.54) is 11.1 Å². The van der Waals surface area contributed by atoms with Gasteiger partial charge in [0.15, 0.2) is 0 Å². The first-order valence-corrected chi connectivity index (χ1v) is 30.2. The summed E-state index contributed by atoms with van der Waals surface area (Å²) in [6.07, 6.45) is 0.0395. The number of hydrogen-bond donors (Lipinski definition) is 1. The monoisotopic (exact) mass is 2250 g/mol. The van der Waals surface area contributed by atoms with E-state index in [1.54, 1.807) is 0 Å². The minimum Gasteiger partial charge on any atom is -0.504 e. The molecule has 0 bridgehead atoms. The predicted molar refractivity (Wildman–Crippen MR) is 363 cm³/mol. The Morgan fingerprint density at radius 3 is 0.990 bits per heavy atom. The summed E-state index contributed by atoms with van der Waals surface area (Å²) in [6.45, 7) is 13.3. The molecule has 529 valence electrons. The largest absolute Gasteiger partial charge is 0.504 e. The molecule has 0 aliphatic heterocycles. The molecule has 5 radical (unpaired) electrons. The standard InChI is InChI=1S/2C17H17N2.3C13H9N2.C5H2F6O2.5Ir/c1-17(2,3)14-9-7-13(8-10-14)16-18-12-15-6-4-5-11-19(15)16;1-17(2,3)14-9-7-13(8-10-14)16-12-15-6-4-5-11-19(15)18-16;3*1-2-6-11(7-3-1)13-10-12-8-4-5-9-15(12)14-13;6-4(7,8)2(12)1-3(13)5(9,10)11;;;;;/h2*4-7,9-12H,1-3H3;3*1-6,8-10H;1,12H;;;;;/q5*-1;;;;;;. The molecule has 0 unspecified atom stereocenters. The summed E-state index contributed by atoms with van der Waals surface area (Å²) < 4.78 is 77.6. The molecule has 0 amide bonds. The van der Waals surface area contributed by atoms with Crippen molar-refractivity contribution in [1.82, 2.24) is 47.8 Å². The second-order valence-corrected chi connectivity index (χ2v) is 23.7. The van der Waals surface area contributed by atoms with Crippen molar-refractivity contribution in [3.05, 3.63) is 315 Å². The van der Waals surface area contributed by atoms with Crippen LogP contribution in [-0.4, -0.2) is 71.1 Å². The Morgan fingerprint density at radius 2 is 0.703 bits per heavy atom. The molecule has 10 aromatic heterocycles. The van der Waals surface area contributed by atoms with E-state index in [1.807, 2.05) is 207 Å². The number of aliphatic hydroxyl groups excluding tert-OH is 1. The van der Waals surface area contributed by atoms with E-state index in [9.17, 15) is 31.1 Å². The summed E-state index contributed by atoms with van der Waals surface area (Å²) >= 11 is 0. The average Bonchev–Trinajstić information content (AvgIpc) is 1.71. The molecular weight excluding hydrogens is 2180 g/mol. The predicted octanol–water partition coefficient (Wildman–Crippen LogP) is 18.7. The van der Waals surface area contributed by atoms with Gasteiger partial charge in [-0.2, -0.15) is 26.3 Å². The van der Waals surface area contributed by atoms with Gasteiger partial charge in [0.05, 0.1) is 33.4 Å². The number of carbonyl (C=O) groups excluding carboxylic acids is 1. The molecule has 0 aliphatic rings. The van der Waals surface area contributed by atoms with Gasteiger partial charge in [-0.25, -0.2) is 20.4 Å². The van der Waals surface area contributed by atoms with Gasteiger partial charge in [0.2, 0.25) is 5.76 Å². The van der Waals surface area contributed by atoms with E-state index in [0.717, 1.165) is 84.0 Å². The van der Waals surface area contributed by atoms with Crippen LogP contribution in [0.2, 0.25) is 0 Å². The Balaban J connectivity index is 0.000000217. The maximum atomic E-state index is 11.4. The van der Waals surface area contributed by atoms with Crippen LogP contribution in [0.1, 0.15) is 52.7 Å². The van der Waals surface area contributed by atoms with Crippen molar-refractivity contribution in [3.63, 3.8) is 0 Å². The maximum Gasteiger partial charge on any atom is 0.454 e. The van der Waals surface area contributed by atoms with Gasteiger partial charge < -0.3 is 9.51 Å². The van der Waals surface area contributed by atoms with Gasteiger partial charge >= 0.3 is 12.4 Å². The summed E-state index contributed by atoms with van der Waals surface area (Å²) in [6, 6.07) is 91.0. The number of aromatic nitrogens is 10. The number of pyridine rings is 5. The molecular formula is C78H63F6Ir5N10O2-5. The molecule has 10 heterocycles. The molecule has 15 aromatic rings. The van der Waals surface area contributed by atoms with Gasteiger partial charge in [0, 0.05) is 167 Å². The van der Waals surface area contributed by atoms with Gasteiger partial charge in [-0.1, -0.05) is 96.1 Å². The topological polar surface area (TPSA) is 124 Å². The van der Waals surface area contributed by atoms with Crippen molar-refractivity contribution < 1.29 is 137 Å². The molecule has 1 N–H and O–H groups in total. The van der Waals surface area contributed by atoms with Crippen molar-refractivity contribution in [2.45, 2.75) is 64.7 Å². The van der Waals surface area contributed by atoms with Crippen molar-refractivity contribution in [3.8, 4) is 56.4 Å². The summed E-state index contributed by atoms with van der Waals surface area (Å²) in [4.78, 5) is 14.3. The number of nitrogens with zero attached hydrogens (tertiary/aromatic N) is 10.